The number of rotatable bonds is 5. The van der Waals surface area contributed by atoms with E-state index in [2.05, 4.69) is 31.9 Å². The van der Waals surface area contributed by atoms with E-state index >= 15 is 0 Å². The van der Waals surface area contributed by atoms with Crippen LogP contribution in [0.1, 0.15) is 32.1 Å². The van der Waals surface area contributed by atoms with Gasteiger partial charge in [-0.3, -0.25) is 10.1 Å². The van der Waals surface area contributed by atoms with Crippen LogP contribution < -0.4 is 4.74 Å². The van der Waals surface area contributed by atoms with Crippen molar-refractivity contribution in [3.8, 4) is 5.75 Å². The Balaban J connectivity index is 2.18. The van der Waals surface area contributed by atoms with E-state index in [0.717, 1.165) is 43.1 Å². The molecule has 2 rings (SSSR count). The van der Waals surface area contributed by atoms with Gasteiger partial charge >= 0.3 is 5.69 Å². The van der Waals surface area contributed by atoms with Crippen LogP contribution in [0.15, 0.2) is 16.6 Å². The Labute approximate surface area is 139 Å². The molecule has 0 aromatic heterocycles. The van der Waals surface area contributed by atoms with E-state index in [4.69, 9.17) is 4.74 Å². The number of hydrogen-bond acceptors (Lipinski definition) is 3. The highest BCUT2D eigenvalue weighted by molar-refractivity contribution is 9.10. The number of benzene rings is 1. The predicted octanol–water partition coefficient (Wildman–Crippen LogP) is 5.22. The van der Waals surface area contributed by atoms with Crippen molar-refractivity contribution in [3.05, 3.63) is 32.5 Å². The normalized spacial score (nSPS) is 17.5. The standard InChI is InChI=1S/C14H16Br2FNO3/c15-8-14(4-2-1-3-5-14)9-21-13-7-11(17)10(16)6-12(13)18(19)20/h6-7H,1-5,8-9H2. The summed E-state index contributed by atoms with van der Waals surface area (Å²) < 4.78 is 19.3. The number of ether oxygens (including phenoxy) is 1. The van der Waals surface area contributed by atoms with Crippen LogP contribution in [-0.2, 0) is 0 Å². The summed E-state index contributed by atoms with van der Waals surface area (Å²) in [5.74, 6) is -0.571. The van der Waals surface area contributed by atoms with Gasteiger partial charge in [0.15, 0.2) is 5.75 Å². The van der Waals surface area contributed by atoms with Crippen LogP contribution in [0.25, 0.3) is 0 Å². The van der Waals surface area contributed by atoms with Gasteiger partial charge in [0.1, 0.15) is 5.82 Å². The van der Waals surface area contributed by atoms with Gasteiger partial charge in [-0.15, -0.1) is 0 Å². The molecule has 116 valence electrons. The summed E-state index contributed by atoms with van der Waals surface area (Å²) in [6.45, 7) is 0.361. The van der Waals surface area contributed by atoms with Crippen molar-refractivity contribution in [2.75, 3.05) is 11.9 Å². The quantitative estimate of drug-likeness (QED) is 0.369. The maximum atomic E-state index is 13.6. The van der Waals surface area contributed by atoms with E-state index in [-0.39, 0.29) is 21.3 Å². The molecule has 0 radical (unpaired) electrons. The summed E-state index contributed by atoms with van der Waals surface area (Å²) >= 11 is 6.48. The van der Waals surface area contributed by atoms with Gasteiger partial charge in [-0.05, 0) is 28.8 Å². The lowest BCUT2D eigenvalue weighted by Crippen LogP contribution is -2.32. The Morgan fingerprint density at radius 1 is 1.33 bits per heavy atom. The molecule has 0 N–H and O–H groups in total. The van der Waals surface area contributed by atoms with Gasteiger partial charge in [0.05, 0.1) is 16.0 Å². The summed E-state index contributed by atoms with van der Waals surface area (Å²) in [5.41, 5.74) is -0.237. The van der Waals surface area contributed by atoms with Gasteiger partial charge in [-0.2, -0.15) is 0 Å². The molecule has 1 saturated carbocycles. The Hall–Kier alpha value is -0.690. The molecule has 1 aromatic carbocycles. The first-order chi connectivity index (χ1) is 9.97. The minimum Gasteiger partial charge on any atom is -0.486 e. The average Bonchev–Trinajstić information content (AvgIpc) is 2.48. The second-order valence-electron chi connectivity index (χ2n) is 5.47. The minimum absolute atomic E-state index is 0.00778. The Morgan fingerprint density at radius 2 is 2.00 bits per heavy atom. The molecular formula is C14H16Br2FNO3. The second kappa shape index (κ2) is 7.05. The summed E-state index contributed by atoms with van der Waals surface area (Å²) in [6, 6.07) is 2.22. The monoisotopic (exact) mass is 423 g/mol. The minimum atomic E-state index is -0.563. The second-order valence-corrected chi connectivity index (χ2v) is 6.89. The van der Waals surface area contributed by atoms with Gasteiger partial charge in [0.2, 0.25) is 0 Å². The van der Waals surface area contributed by atoms with E-state index in [9.17, 15) is 14.5 Å². The zero-order chi connectivity index (χ0) is 15.5. The molecule has 0 saturated heterocycles. The van der Waals surface area contributed by atoms with Crippen molar-refractivity contribution in [1.82, 2.24) is 0 Å². The molecule has 0 unspecified atom stereocenters. The van der Waals surface area contributed by atoms with Crippen LogP contribution in [0, 0.1) is 21.3 Å². The SMILES string of the molecule is O=[N+]([O-])c1cc(Br)c(F)cc1OCC1(CBr)CCCCC1. The third-order valence-electron chi connectivity index (χ3n) is 3.93. The first-order valence-corrected chi connectivity index (χ1v) is 8.71. The number of hydrogen-bond donors (Lipinski definition) is 0. The van der Waals surface area contributed by atoms with Crippen molar-refractivity contribution < 1.29 is 14.1 Å². The van der Waals surface area contributed by atoms with E-state index in [1.807, 2.05) is 0 Å². The van der Waals surface area contributed by atoms with Crippen LogP contribution in [0.4, 0.5) is 10.1 Å². The number of halogens is 3. The number of nitro benzene ring substituents is 1. The molecule has 0 amide bonds. The summed E-state index contributed by atoms with van der Waals surface area (Å²) in [4.78, 5) is 10.5. The first-order valence-electron chi connectivity index (χ1n) is 6.80. The lowest BCUT2D eigenvalue weighted by molar-refractivity contribution is -0.386. The summed E-state index contributed by atoms with van der Waals surface area (Å²) in [7, 11) is 0. The van der Waals surface area contributed by atoms with E-state index in [0.29, 0.717) is 6.61 Å². The molecule has 0 bridgehead atoms. The highest BCUT2D eigenvalue weighted by atomic mass is 79.9. The summed E-state index contributed by atoms with van der Waals surface area (Å²) in [5, 5.41) is 11.8. The molecule has 1 aromatic rings. The fourth-order valence-electron chi connectivity index (χ4n) is 2.63. The van der Waals surface area contributed by atoms with Crippen molar-refractivity contribution in [2.45, 2.75) is 32.1 Å². The molecule has 4 nitrogen and oxygen atoms in total. The zero-order valence-electron chi connectivity index (χ0n) is 11.4. The van der Waals surface area contributed by atoms with Crippen molar-refractivity contribution >= 4 is 37.5 Å². The molecular weight excluding hydrogens is 409 g/mol. The molecule has 1 aliphatic carbocycles. The predicted molar refractivity (Wildman–Crippen MR) is 85.6 cm³/mol. The number of nitrogens with zero attached hydrogens (tertiary/aromatic N) is 1. The maximum Gasteiger partial charge on any atom is 0.312 e. The molecule has 0 spiro atoms. The first kappa shape index (κ1) is 16.7. The maximum absolute atomic E-state index is 13.6. The molecule has 1 aliphatic rings. The van der Waals surface area contributed by atoms with Gasteiger partial charge in [-0.25, -0.2) is 4.39 Å². The van der Waals surface area contributed by atoms with Crippen LogP contribution in [0.3, 0.4) is 0 Å². The van der Waals surface area contributed by atoms with E-state index in [1.54, 1.807) is 0 Å². The Bertz CT molecular complexity index is 533. The molecule has 1 fully saturated rings. The zero-order valence-corrected chi connectivity index (χ0v) is 14.6. The van der Waals surface area contributed by atoms with Crippen molar-refractivity contribution in [3.63, 3.8) is 0 Å². The molecule has 7 heteroatoms. The summed E-state index contributed by atoms with van der Waals surface area (Å²) in [6.07, 6.45) is 5.51. The molecule has 0 atom stereocenters. The van der Waals surface area contributed by atoms with Gasteiger partial charge in [0, 0.05) is 22.9 Å². The third kappa shape index (κ3) is 3.94. The van der Waals surface area contributed by atoms with Gasteiger partial charge in [-0.1, -0.05) is 35.2 Å². The highest BCUT2D eigenvalue weighted by Gasteiger charge is 2.33. The lowest BCUT2D eigenvalue weighted by atomic mass is 9.76. The average molecular weight is 425 g/mol. The van der Waals surface area contributed by atoms with E-state index in [1.165, 1.54) is 6.42 Å². The Morgan fingerprint density at radius 3 is 2.57 bits per heavy atom. The van der Waals surface area contributed by atoms with Crippen molar-refractivity contribution in [1.29, 1.82) is 0 Å². The molecule has 21 heavy (non-hydrogen) atoms. The topological polar surface area (TPSA) is 52.4 Å². The van der Waals surface area contributed by atoms with Crippen LogP contribution in [0.2, 0.25) is 0 Å². The van der Waals surface area contributed by atoms with Gasteiger partial charge < -0.3 is 4.74 Å². The number of nitro groups is 1. The van der Waals surface area contributed by atoms with Crippen LogP contribution >= 0.6 is 31.9 Å². The lowest BCUT2D eigenvalue weighted by Gasteiger charge is -2.35. The van der Waals surface area contributed by atoms with Crippen LogP contribution in [0.5, 0.6) is 5.75 Å². The largest absolute Gasteiger partial charge is 0.486 e. The molecule has 0 heterocycles. The highest BCUT2D eigenvalue weighted by Crippen LogP contribution is 2.40. The van der Waals surface area contributed by atoms with E-state index < -0.39 is 10.7 Å². The fraction of sp³-hybridized carbons (Fsp3) is 0.571. The van der Waals surface area contributed by atoms with Crippen LogP contribution in [-0.4, -0.2) is 16.9 Å². The van der Waals surface area contributed by atoms with Gasteiger partial charge in [0.25, 0.3) is 0 Å². The number of alkyl halides is 1. The Kier molecular flexibility index (Phi) is 5.60. The smallest absolute Gasteiger partial charge is 0.312 e. The third-order valence-corrected chi connectivity index (χ3v) is 5.73. The fourth-order valence-corrected chi connectivity index (χ4v) is 3.68. The van der Waals surface area contributed by atoms with Crippen molar-refractivity contribution in [2.24, 2.45) is 5.41 Å². The molecule has 0 aliphatic heterocycles.